The van der Waals surface area contributed by atoms with E-state index in [9.17, 15) is 5.26 Å². The molecule has 23 heavy (non-hydrogen) atoms. The lowest BCUT2D eigenvalue weighted by Crippen LogP contribution is -2.35. The van der Waals surface area contributed by atoms with Gasteiger partial charge >= 0.3 is 0 Å². The van der Waals surface area contributed by atoms with Crippen LogP contribution in [-0.4, -0.2) is 24.7 Å². The van der Waals surface area contributed by atoms with Gasteiger partial charge in [0.25, 0.3) is 0 Å². The van der Waals surface area contributed by atoms with Gasteiger partial charge in [-0.3, -0.25) is 0 Å². The number of aryl methyl sites for hydroxylation is 1. The molecule has 0 atom stereocenters. The average Bonchev–Trinajstić information content (AvgIpc) is 2.59. The van der Waals surface area contributed by atoms with Gasteiger partial charge in [0.05, 0.1) is 18.7 Å². The molecule has 4 heteroatoms. The quantitative estimate of drug-likeness (QED) is 0.865. The van der Waals surface area contributed by atoms with Gasteiger partial charge in [0, 0.05) is 41.7 Å². The van der Waals surface area contributed by atoms with E-state index in [4.69, 9.17) is 4.74 Å². The lowest BCUT2D eigenvalue weighted by molar-refractivity contribution is 0.398. The van der Waals surface area contributed by atoms with Crippen LogP contribution in [0.4, 0.5) is 5.69 Å². The van der Waals surface area contributed by atoms with Crippen molar-refractivity contribution in [3.63, 3.8) is 0 Å². The molecule has 0 radical (unpaired) electrons. The Balaban J connectivity index is 2.10. The lowest BCUT2D eigenvalue weighted by Gasteiger charge is -2.35. The van der Waals surface area contributed by atoms with Gasteiger partial charge in [0.15, 0.2) is 0 Å². The second kappa shape index (κ2) is 6.29. The Hall–Kier alpha value is -2.54. The summed E-state index contributed by atoms with van der Waals surface area (Å²) in [5.74, 6) is 0.580. The summed E-state index contributed by atoms with van der Waals surface area (Å²) < 4.78 is 5.11. The third kappa shape index (κ3) is 2.87. The molecule has 0 saturated carbocycles. The summed E-state index contributed by atoms with van der Waals surface area (Å²) in [5.41, 5.74) is 5.12. The van der Waals surface area contributed by atoms with Gasteiger partial charge in [-0.1, -0.05) is 0 Å². The number of rotatable bonds is 3. The molecule has 0 N–H and O–H groups in total. The first kappa shape index (κ1) is 15.4. The molecule has 4 nitrogen and oxygen atoms in total. The minimum absolute atomic E-state index is 0.439. The van der Waals surface area contributed by atoms with Crippen molar-refractivity contribution in [2.24, 2.45) is 0 Å². The number of aromatic nitrogens is 1. The highest BCUT2D eigenvalue weighted by atomic mass is 16.5. The van der Waals surface area contributed by atoms with Crippen LogP contribution in [0.5, 0.6) is 5.88 Å². The van der Waals surface area contributed by atoms with Gasteiger partial charge in [-0.15, -0.1) is 0 Å². The number of fused-ring (bicyclic) bond motifs is 1. The summed E-state index contributed by atoms with van der Waals surface area (Å²) in [6, 6.07) is 10.8. The van der Waals surface area contributed by atoms with Crippen LogP contribution in [-0.2, 0) is 6.42 Å². The van der Waals surface area contributed by atoms with Crippen molar-refractivity contribution in [1.82, 2.24) is 4.98 Å². The van der Waals surface area contributed by atoms with Gasteiger partial charge in [-0.05, 0) is 50.5 Å². The fourth-order valence-corrected chi connectivity index (χ4v) is 3.19. The number of ether oxygens (including phenoxy) is 1. The predicted molar refractivity (Wildman–Crippen MR) is 91.7 cm³/mol. The van der Waals surface area contributed by atoms with Crippen molar-refractivity contribution in [3.8, 4) is 23.1 Å². The maximum absolute atomic E-state index is 9.59. The monoisotopic (exact) mass is 307 g/mol. The summed E-state index contributed by atoms with van der Waals surface area (Å²) in [4.78, 5) is 6.65. The number of methoxy groups -OCH3 is 1. The normalized spacial score (nSPS) is 13.6. The summed E-state index contributed by atoms with van der Waals surface area (Å²) in [6.07, 6.45) is 3.97. The third-order valence-corrected chi connectivity index (χ3v) is 4.37. The Morgan fingerprint density at radius 3 is 2.74 bits per heavy atom. The molecule has 0 bridgehead atoms. The van der Waals surface area contributed by atoms with Gasteiger partial charge in [0.1, 0.15) is 0 Å². The van der Waals surface area contributed by atoms with Crippen LogP contribution in [0, 0.1) is 11.3 Å². The summed E-state index contributed by atoms with van der Waals surface area (Å²) in [6.45, 7) is 5.45. The van der Waals surface area contributed by atoms with E-state index in [0.29, 0.717) is 17.5 Å². The number of pyridine rings is 1. The number of nitrogens with zero attached hydrogens (tertiary/aromatic N) is 3. The van der Waals surface area contributed by atoms with E-state index in [1.165, 1.54) is 11.3 Å². The van der Waals surface area contributed by atoms with E-state index >= 15 is 0 Å². The highest BCUT2D eigenvalue weighted by molar-refractivity contribution is 5.76. The maximum atomic E-state index is 9.59. The van der Waals surface area contributed by atoms with Crippen LogP contribution in [0.3, 0.4) is 0 Å². The van der Waals surface area contributed by atoms with Crippen molar-refractivity contribution >= 4 is 5.69 Å². The van der Waals surface area contributed by atoms with E-state index < -0.39 is 0 Å². The molecule has 0 saturated heterocycles. The Morgan fingerprint density at radius 1 is 1.30 bits per heavy atom. The first-order valence-corrected chi connectivity index (χ1v) is 7.98. The molecule has 0 amide bonds. The molecule has 1 aliphatic rings. The largest absolute Gasteiger partial charge is 0.481 e. The van der Waals surface area contributed by atoms with Crippen molar-refractivity contribution in [1.29, 1.82) is 5.26 Å². The van der Waals surface area contributed by atoms with E-state index in [0.717, 1.165) is 30.5 Å². The maximum Gasteiger partial charge on any atom is 0.212 e. The molecule has 2 aromatic rings. The van der Waals surface area contributed by atoms with Crippen LogP contribution in [0.15, 0.2) is 30.5 Å². The first-order chi connectivity index (χ1) is 11.1. The van der Waals surface area contributed by atoms with Gasteiger partial charge in [-0.2, -0.15) is 5.26 Å². The lowest BCUT2D eigenvalue weighted by atomic mass is 9.92. The zero-order valence-electron chi connectivity index (χ0n) is 13.8. The molecule has 2 heterocycles. The predicted octanol–water partition coefficient (Wildman–Crippen LogP) is 3.79. The van der Waals surface area contributed by atoms with Gasteiger partial charge < -0.3 is 9.64 Å². The fraction of sp³-hybridized carbons (Fsp3) is 0.368. The van der Waals surface area contributed by atoms with Crippen molar-refractivity contribution in [2.45, 2.75) is 32.7 Å². The van der Waals surface area contributed by atoms with Crippen LogP contribution in [0.1, 0.15) is 31.4 Å². The number of hydrogen-bond donors (Lipinski definition) is 0. The molecule has 1 aliphatic heterocycles. The Morgan fingerprint density at radius 2 is 2.13 bits per heavy atom. The minimum atomic E-state index is 0.439. The van der Waals surface area contributed by atoms with Gasteiger partial charge in [-0.25, -0.2) is 4.98 Å². The van der Waals surface area contributed by atoms with Crippen molar-refractivity contribution in [2.75, 3.05) is 18.6 Å². The topological polar surface area (TPSA) is 49.1 Å². The molecule has 0 fully saturated rings. The van der Waals surface area contributed by atoms with E-state index in [1.807, 2.05) is 18.2 Å². The van der Waals surface area contributed by atoms with Crippen LogP contribution < -0.4 is 9.64 Å². The summed E-state index contributed by atoms with van der Waals surface area (Å²) >= 11 is 0. The molecule has 0 aliphatic carbocycles. The molecular weight excluding hydrogens is 286 g/mol. The molecule has 1 aromatic carbocycles. The van der Waals surface area contributed by atoms with Crippen molar-refractivity contribution < 1.29 is 4.74 Å². The second-order valence-corrected chi connectivity index (χ2v) is 6.12. The molecule has 1 aromatic heterocycles. The minimum Gasteiger partial charge on any atom is -0.481 e. The molecule has 0 unspecified atom stereocenters. The Labute approximate surface area is 137 Å². The zero-order chi connectivity index (χ0) is 16.4. The highest BCUT2D eigenvalue weighted by Gasteiger charge is 2.21. The van der Waals surface area contributed by atoms with Crippen LogP contribution in [0.2, 0.25) is 0 Å². The molecular formula is C19H21N3O. The number of anilines is 1. The second-order valence-electron chi connectivity index (χ2n) is 6.12. The van der Waals surface area contributed by atoms with Crippen LogP contribution >= 0.6 is 0 Å². The number of nitriles is 1. The van der Waals surface area contributed by atoms with E-state index in [-0.39, 0.29) is 0 Å². The molecule has 0 spiro atoms. The number of hydrogen-bond acceptors (Lipinski definition) is 4. The molecule has 118 valence electrons. The highest BCUT2D eigenvalue weighted by Crippen LogP contribution is 2.35. The third-order valence-electron chi connectivity index (χ3n) is 4.37. The Kier molecular flexibility index (Phi) is 4.20. The Bertz CT molecular complexity index is 744. The fourth-order valence-electron chi connectivity index (χ4n) is 3.19. The SMILES string of the molecule is COc1ccc(-c2cc3c(cc2C#N)N(C(C)C)CCC3)cn1. The standard InChI is InChI=1S/C19H21N3O/c1-13(2)22-8-4-5-14-9-17(16(11-20)10-18(14)22)15-6-7-19(23-3)21-12-15/h6-7,9-10,12-13H,4-5,8H2,1-3H3. The number of benzene rings is 1. The summed E-state index contributed by atoms with van der Waals surface area (Å²) in [7, 11) is 1.60. The van der Waals surface area contributed by atoms with Crippen molar-refractivity contribution in [3.05, 3.63) is 41.6 Å². The van der Waals surface area contributed by atoms with E-state index in [2.05, 4.69) is 35.9 Å². The summed E-state index contributed by atoms with van der Waals surface area (Å²) in [5, 5.41) is 9.59. The van der Waals surface area contributed by atoms with E-state index in [1.54, 1.807) is 13.3 Å². The van der Waals surface area contributed by atoms with Gasteiger partial charge in [0.2, 0.25) is 5.88 Å². The molecule has 3 rings (SSSR count). The zero-order valence-corrected chi connectivity index (χ0v) is 13.8. The van der Waals surface area contributed by atoms with Crippen LogP contribution in [0.25, 0.3) is 11.1 Å². The average molecular weight is 307 g/mol. The first-order valence-electron chi connectivity index (χ1n) is 7.98. The smallest absolute Gasteiger partial charge is 0.212 e.